The Morgan fingerprint density at radius 3 is 2.61 bits per heavy atom. The molecule has 0 radical (unpaired) electrons. The quantitative estimate of drug-likeness (QED) is 0.565. The van der Waals surface area contributed by atoms with Crippen molar-refractivity contribution in [3.05, 3.63) is 0 Å². The van der Waals surface area contributed by atoms with Gasteiger partial charge in [-0.25, -0.2) is 4.79 Å². The number of nitrogens with one attached hydrogen (secondary N) is 1. The first-order chi connectivity index (χ1) is 8.54. The predicted octanol–water partition coefficient (Wildman–Crippen LogP) is 0.143. The minimum absolute atomic E-state index is 0.153. The first-order valence-corrected chi connectivity index (χ1v) is 6.31. The van der Waals surface area contributed by atoms with Crippen LogP contribution in [0.3, 0.4) is 0 Å². The molecular formula is C12H21NO5. The van der Waals surface area contributed by atoms with E-state index in [4.69, 9.17) is 14.9 Å². The van der Waals surface area contributed by atoms with Crippen LogP contribution in [0.5, 0.6) is 0 Å². The third kappa shape index (κ3) is 4.62. The second-order valence-corrected chi connectivity index (χ2v) is 4.75. The van der Waals surface area contributed by atoms with Gasteiger partial charge in [-0.3, -0.25) is 4.79 Å². The van der Waals surface area contributed by atoms with E-state index < -0.39 is 18.2 Å². The van der Waals surface area contributed by atoms with E-state index in [1.54, 1.807) is 0 Å². The zero-order chi connectivity index (χ0) is 13.5. The summed E-state index contributed by atoms with van der Waals surface area (Å²) < 4.78 is 5.13. The molecule has 3 unspecified atom stereocenters. The number of ether oxygens (including phenoxy) is 1. The van der Waals surface area contributed by atoms with Gasteiger partial charge in [-0.2, -0.15) is 0 Å². The lowest BCUT2D eigenvalue weighted by Gasteiger charge is -2.12. The summed E-state index contributed by atoms with van der Waals surface area (Å²) >= 11 is 0. The van der Waals surface area contributed by atoms with Crippen LogP contribution in [0.2, 0.25) is 0 Å². The number of rotatable bonds is 7. The van der Waals surface area contributed by atoms with Crippen LogP contribution in [0.4, 0.5) is 0 Å². The average molecular weight is 259 g/mol. The van der Waals surface area contributed by atoms with Crippen LogP contribution < -0.4 is 5.32 Å². The van der Waals surface area contributed by atoms with Gasteiger partial charge >= 0.3 is 5.97 Å². The van der Waals surface area contributed by atoms with Crippen molar-refractivity contribution in [3.8, 4) is 0 Å². The van der Waals surface area contributed by atoms with Crippen molar-refractivity contribution in [3.63, 3.8) is 0 Å². The maximum absolute atomic E-state index is 11.6. The summed E-state index contributed by atoms with van der Waals surface area (Å²) in [6.45, 7) is 2.63. The van der Waals surface area contributed by atoms with Crippen LogP contribution in [0.25, 0.3) is 0 Å². The Morgan fingerprint density at radius 1 is 1.39 bits per heavy atom. The first-order valence-electron chi connectivity index (χ1n) is 6.31. The monoisotopic (exact) mass is 259 g/mol. The van der Waals surface area contributed by atoms with Crippen molar-refractivity contribution < 1.29 is 24.5 Å². The van der Waals surface area contributed by atoms with Gasteiger partial charge in [0.2, 0.25) is 5.91 Å². The molecule has 0 aromatic carbocycles. The van der Waals surface area contributed by atoms with E-state index in [2.05, 4.69) is 5.32 Å². The normalized spacial score (nSPS) is 24.8. The highest BCUT2D eigenvalue weighted by atomic mass is 16.5. The molecule has 0 saturated carbocycles. The summed E-state index contributed by atoms with van der Waals surface area (Å²) in [6.07, 6.45) is 0.990. The molecule has 1 saturated heterocycles. The van der Waals surface area contributed by atoms with Crippen molar-refractivity contribution in [1.29, 1.82) is 0 Å². The van der Waals surface area contributed by atoms with Crippen molar-refractivity contribution >= 4 is 11.9 Å². The minimum Gasteiger partial charge on any atom is -0.479 e. The molecule has 0 bridgehead atoms. The van der Waals surface area contributed by atoms with Crippen molar-refractivity contribution in [1.82, 2.24) is 5.32 Å². The first kappa shape index (κ1) is 14.9. The molecule has 1 rings (SSSR count). The third-order valence-corrected chi connectivity index (χ3v) is 3.07. The van der Waals surface area contributed by atoms with Gasteiger partial charge in [-0.15, -0.1) is 0 Å². The average Bonchev–Trinajstić information content (AvgIpc) is 2.83. The van der Waals surface area contributed by atoms with Crippen molar-refractivity contribution in [2.75, 3.05) is 13.2 Å². The third-order valence-electron chi connectivity index (χ3n) is 3.07. The molecule has 104 valence electrons. The van der Waals surface area contributed by atoms with Crippen molar-refractivity contribution in [2.45, 2.75) is 44.8 Å². The highest BCUT2D eigenvalue weighted by molar-refractivity contribution is 5.82. The van der Waals surface area contributed by atoms with E-state index in [0.29, 0.717) is 19.4 Å². The van der Waals surface area contributed by atoms with Gasteiger partial charge in [0.05, 0.1) is 0 Å². The van der Waals surface area contributed by atoms with E-state index in [-0.39, 0.29) is 18.4 Å². The number of carbonyl (C=O) groups excluding carboxylic acids is 1. The van der Waals surface area contributed by atoms with Crippen LogP contribution >= 0.6 is 0 Å². The van der Waals surface area contributed by atoms with Gasteiger partial charge in [0, 0.05) is 13.2 Å². The lowest BCUT2D eigenvalue weighted by atomic mass is 10.1. The summed E-state index contributed by atoms with van der Waals surface area (Å²) in [5.41, 5.74) is 0. The zero-order valence-electron chi connectivity index (χ0n) is 10.6. The van der Waals surface area contributed by atoms with E-state index in [9.17, 15) is 9.59 Å². The number of amides is 1. The second-order valence-electron chi connectivity index (χ2n) is 4.75. The highest BCUT2D eigenvalue weighted by Gasteiger charge is 2.34. The molecule has 18 heavy (non-hydrogen) atoms. The zero-order valence-corrected chi connectivity index (χ0v) is 10.6. The van der Waals surface area contributed by atoms with E-state index in [1.807, 2.05) is 6.92 Å². The molecule has 1 amide bonds. The molecule has 1 heterocycles. The molecule has 6 heteroatoms. The Labute approximate surface area is 106 Å². The standard InChI is InChI=1S/C12H21NO5/c1-8(7-14)3-2-6-13-11(15)9-4-5-10(18-9)12(16)17/h8-10,14H,2-7H2,1H3,(H,13,15)(H,16,17). The summed E-state index contributed by atoms with van der Waals surface area (Å²) in [6, 6.07) is 0. The lowest BCUT2D eigenvalue weighted by Crippen LogP contribution is -2.36. The molecular weight excluding hydrogens is 238 g/mol. The highest BCUT2D eigenvalue weighted by Crippen LogP contribution is 2.19. The van der Waals surface area contributed by atoms with Gasteiger partial charge in [-0.1, -0.05) is 6.92 Å². The Balaban J connectivity index is 2.16. The molecule has 0 spiro atoms. The molecule has 3 N–H and O–H groups in total. The topological polar surface area (TPSA) is 95.9 Å². The lowest BCUT2D eigenvalue weighted by molar-refractivity contribution is -0.151. The van der Waals surface area contributed by atoms with Crippen LogP contribution in [0.15, 0.2) is 0 Å². The van der Waals surface area contributed by atoms with Gasteiger partial charge in [-0.05, 0) is 31.6 Å². The molecule has 6 nitrogen and oxygen atoms in total. The number of carbonyl (C=O) groups is 2. The largest absolute Gasteiger partial charge is 0.479 e. The molecule has 0 aliphatic carbocycles. The number of carboxylic acid groups (broad SMARTS) is 1. The molecule has 0 aromatic heterocycles. The number of aliphatic carboxylic acids is 1. The van der Waals surface area contributed by atoms with E-state index in [0.717, 1.165) is 12.8 Å². The fourth-order valence-electron chi connectivity index (χ4n) is 1.88. The number of aliphatic hydroxyl groups is 1. The summed E-state index contributed by atoms with van der Waals surface area (Å²) in [5, 5.41) is 20.3. The Bertz CT molecular complexity index is 294. The number of hydrogen-bond donors (Lipinski definition) is 3. The van der Waals surface area contributed by atoms with Crippen LogP contribution in [-0.4, -0.2) is 47.4 Å². The maximum atomic E-state index is 11.6. The second kappa shape index (κ2) is 7.33. The van der Waals surface area contributed by atoms with Crippen LogP contribution in [0.1, 0.15) is 32.6 Å². The predicted molar refractivity (Wildman–Crippen MR) is 64.0 cm³/mol. The van der Waals surface area contributed by atoms with Crippen LogP contribution in [-0.2, 0) is 14.3 Å². The molecule has 1 aliphatic rings. The van der Waals surface area contributed by atoms with Crippen LogP contribution in [0, 0.1) is 5.92 Å². The summed E-state index contributed by atoms with van der Waals surface area (Å²) in [4.78, 5) is 22.3. The maximum Gasteiger partial charge on any atom is 0.332 e. The molecule has 3 atom stereocenters. The summed E-state index contributed by atoms with van der Waals surface area (Å²) in [7, 11) is 0. The molecule has 1 aliphatic heterocycles. The Morgan fingerprint density at radius 2 is 2.06 bits per heavy atom. The smallest absolute Gasteiger partial charge is 0.332 e. The minimum atomic E-state index is -1.01. The fraction of sp³-hybridized carbons (Fsp3) is 0.833. The number of carboxylic acids is 1. The number of hydrogen-bond acceptors (Lipinski definition) is 4. The van der Waals surface area contributed by atoms with Gasteiger partial charge in [0.15, 0.2) is 6.10 Å². The fourth-order valence-corrected chi connectivity index (χ4v) is 1.88. The van der Waals surface area contributed by atoms with Gasteiger partial charge in [0.25, 0.3) is 0 Å². The van der Waals surface area contributed by atoms with Gasteiger partial charge in [0.1, 0.15) is 6.10 Å². The Kier molecular flexibility index (Phi) is 6.07. The molecule has 0 aromatic rings. The summed E-state index contributed by atoms with van der Waals surface area (Å²) in [5.74, 6) is -1.02. The van der Waals surface area contributed by atoms with Gasteiger partial charge < -0.3 is 20.3 Å². The number of aliphatic hydroxyl groups excluding tert-OH is 1. The van der Waals surface area contributed by atoms with E-state index >= 15 is 0 Å². The van der Waals surface area contributed by atoms with E-state index in [1.165, 1.54) is 0 Å². The molecule has 1 fully saturated rings. The SMILES string of the molecule is CC(CO)CCCNC(=O)C1CCC(C(=O)O)O1. The van der Waals surface area contributed by atoms with Crippen molar-refractivity contribution in [2.24, 2.45) is 5.92 Å². The Hall–Kier alpha value is -1.14.